The van der Waals surface area contributed by atoms with Crippen LogP contribution < -0.4 is 4.90 Å². The summed E-state index contributed by atoms with van der Waals surface area (Å²) in [5.74, 6) is 0. The van der Waals surface area contributed by atoms with Crippen molar-refractivity contribution in [2.24, 2.45) is 0 Å². The van der Waals surface area contributed by atoms with Crippen LogP contribution >= 0.6 is 11.8 Å². The molecule has 2 aliphatic heterocycles. The van der Waals surface area contributed by atoms with Gasteiger partial charge in [-0.25, -0.2) is 0 Å². The van der Waals surface area contributed by atoms with E-state index in [-0.39, 0.29) is 0 Å². The average Bonchev–Trinajstić information content (AvgIpc) is 3.81. The van der Waals surface area contributed by atoms with Crippen molar-refractivity contribution in [3.8, 4) is 11.4 Å². The van der Waals surface area contributed by atoms with Gasteiger partial charge in [0.25, 0.3) is 0 Å². The summed E-state index contributed by atoms with van der Waals surface area (Å²) < 4.78 is 4.99. The second-order valence-corrected chi connectivity index (χ2v) is 16.7. The van der Waals surface area contributed by atoms with Gasteiger partial charge in [-0.15, -0.1) is 0 Å². The van der Waals surface area contributed by atoms with Crippen molar-refractivity contribution in [2.45, 2.75) is 15.2 Å². The first-order valence-electron chi connectivity index (χ1n) is 20.3. The van der Waals surface area contributed by atoms with Crippen LogP contribution in [0.1, 0.15) is 22.3 Å². The molecule has 1 atom stereocenters. The van der Waals surface area contributed by atoms with Gasteiger partial charge in [-0.05, 0) is 107 Å². The van der Waals surface area contributed by atoms with Crippen molar-refractivity contribution in [3.05, 3.63) is 235 Å². The van der Waals surface area contributed by atoms with Gasteiger partial charge >= 0.3 is 0 Å². The molecule has 2 aromatic heterocycles. The third kappa shape index (κ3) is 4.44. The minimum absolute atomic E-state index is 0.533. The van der Waals surface area contributed by atoms with Crippen molar-refractivity contribution >= 4 is 72.4 Å². The fraction of sp³-hybridized carbons (Fsp3) is 0.0182. The Morgan fingerprint density at radius 2 is 0.915 bits per heavy atom. The van der Waals surface area contributed by atoms with Crippen LogP contribution in [-0.2, 0) is 5.41 Å². The number of hydrogen-bond acceptors (Lipinski definition) is 2. The largest absolute Gasteiger partial charge is 0.311 e. The number of hydrogen-bond donors (Lipinski definition) is 0. The van der Waals surface area contributed by atoms with Crippen molar-refractivity contribution in [2.75, 3.05) is 4.90 Å². The smallest absolute Gasteiger partial charge is 0.0764 e. The second-order valence-electron chi connectivity index (χ2n) is 15.7. The zero-order chi connectivity index (χ0) is 38.7. The first kappa shape index (κ1) is 32.8. The number of para-hydroxylation sites is 6. The number of anilines is 3. The molecule has 0 aliphatic carbocycles. The lowest BCUT2D eigenvalue weighted by molar-refractivity contribution is 0.691. The van der Waals surface area contributed by atoms with Gasteiger partial charge in [0, 0.05) is 54.1 Å². The van der Waals surface area contributed by atoms with Crippen LogP contribution in [-0.4, -0.2) is 9.13 Å². The van der Waals surface area contributed by atoms with Crippen molar-refractivity contribution < 1.29 is 0 Å². The molecule has 13 rings (SSSR count). The van der Waals surface area contributed by atoms with Gasteiger partial charge in [-0.3, -0.25) is 0 Å². The van der Waals surface area contributed by atoms with Gasteiger partial charge in [-0.2, -0.15) is 0 Å². The van der Waals surface area contributed by atoms with Crippen LogP contribution in [0.25, 0.3) is 55.0 Å². The highest BCUT2D eigenvalue weighted by Crippen LogP contribution is 2.61. The normalized spacial score (nSPS) is 15.1. The Hall–Kier alpha value is -7.27. The quantitative estimate of drug-likeness (QED) is 0.177. The first-order chi connectivity index (χ1) is 29.3. The number of nitrogens with zero attached hydrogens (tertiary/aromatic N) is 3. The average molecular weight is 770 g/mol. The molecule has 1 unspecified atom stereocenters. The molecule has 0 saturated heterocycles. The molecule has 1 spiro atoms. The molecule has 0 bridgehead atoms. The summed E-state index contributed by atoms with van der Waals surface area (Å²) in [6.45, 7) is 0. The van der Waals surface area contributed by atoms with Gasteiger partial charge in [0.2, 0.25) is 0 Å². The monoisotopic (exact) mass is 769 g/mol. The highest BCUT2D eigenvalue weighted by atomic mass is 32.2. The standard InChI is InChI=1S/C55H35N3S/c1-3-16-36(17-4-1)56(37-18-5-2-6-19-37)38-30-32-39(33-31-38)57-48-26-11-8-21-41(48)43-34-47-53(35-51(43)57)59-52-29-14-10-24-45(52)55(47)44-23-9-13-28-50(44)58-49-27-12-7-20-40(49)42-22-15-25-46(55)54(42)58/h1-35H. The molecule has 0 saturated carbocycles. The summed E-state index contributed by atoms with van der Waals surface area (Å²) in [7, 11) is 0. The molecule has 59 heavy (non-hydrogen) atoms. The van der Waals surface area contributed by atoms with Crippen molar-refractivity contribution in [1.82, 2.24) is 9.13 Å². The van der Waals surface area contributed by atoms with E-state index in [1.807, 2.05) is 11.8 Å². The minimum atomic E-state index is -0.533. The molecule has 3 nitrogen and oxygen atoms in total. The Bertz CT molecular complexity index is 3430. The summed E-state index contributed by atoms with van der Waals surface area (Å²) in [5, 5.41) is 5.09. The SMILES string of the molecule is c1ccc(N(c2ccccc2)c2ccc(-n3c4ccccc4c4cc5c(cc43)Sc3ccccc3C53c4ccccc4-n4c5ccccc5c5cccc3c54)cc2)cc1. The lowest BCUT2D eigenvalue weighted by Crippen LogP contribution is -2.37. The molecular weight excluding hydrogens is 735 g/mol. The topological polar surface area (TPSA) is 13.1 Å². The van der Waals surface area contributed by atoms with E-state index in [1.165, 1.54) is 81.3 Å². The molecular formula is C55H35N3S. The highest BCUT2D eigenvalue weighted by Gasteiger charge is 2.49. The third-order valence-corrected chi connectivity index (χ3v) is 13.9. The maximum Gasteiger partial charge on any atom is 0.0764 e. The molecule has 0 radical (unpaired) electrons. The van der Waals surface area contributed by atoms with Crippen LogP contribution in [0, 0.1) is 0 Å². The number of benzene rings is 9. The van der Waals surface area contributed by atoms with Crippen LogP contribution in [0.15, 0.2) is 222 Å². The Morgan fingerprint density at radius 3 is 1.66 bits per heavy atom. The molecule has 0 amide bonds. The van der Waals surface area contributed by atoms with Gasteiger partial charge in [0.15, 0.2) is 0 Å². The molecule has 0 N–H and O–H groups in total. The van der Waals surface area contributed by atoms with E-state index in [2.05, 4.69) is 226 Å². The highest BCUT2D eigenvalue weighted by molar-refractivity contribution is 7.99. The molecule has 276 valence electrons. The summed E-state index contributed by atoms with van der Waals surface area (Å²) >= 11 is 1.90. The summed E-state index contributed by atoms with van der Waals surface area (Å²) in [5.41, 5.74) is 15.5. The third-order valence-electron chi connectivity index (χ3n) is 12.7. The summed E-state index contributed by atoms with van der Waals surface area (Å²) in [6.07, 6.45) is 0. The Labute approximate surface area is 346 Å². The second kappa shape index (κ2) is 12.4. The fourth-order valence-corrected chi connectivity index (χ4v) is 11.6. The maximum atomic E-state index is 2.54. The van der Waals surface area contributed by atoms with E-state index >= 15 is 0 Å². The molecule has 9 aromatic carbocycles. The number of aromatic nitrogens is 2. The van der Waals surface area contributed by atoms with Gasteiger partial charge in [0.1, 0.15) is 0 Å². The van der Waals surface area contributed by atoms with E-state index in [0.29, 0.717) is 0 Å². The Kier molecular flexibility index (Phi) is 6.87. The van der Waals surface area contributed by atoms with Crippen LogP contribution in [0.3, 0.4) is 0 Å². The van der Waals surface area contributed by atoms with E-state index in [4.69, 9.17) is 0 Å². The Balaban J connectivity index is 1.08. The van der Waals surface area contributed by atoms with E-state index in [0.717, 1.165) is 22.7 Å². The predicted molar refractivity (Wildman–Crippen MR) is 246 cm³/mol. The summed E-state index contributed by atoms with van der Waals surface area (Å²) in [4.78, 5) is 4.90. The van der Waals surface area contributed by atoms with Crippen molar-refractivity contribution in [3.63, 3.8) is 0 Å². The van der Waals surface area contributed by atoms with Gasteiger partial charge in [-0.1, -0.05) is 139 Å². The molecule has 11 aromatic rings. The predicted octanol–water partition coefficient (Wildman–Crippen LogP) is 14.5. The lowest BCUT2D eigenvalue weighted by atomic mass is 9.62. The van der Waals surface area contributed by atoms with Crippen LogP contribution in [0.4, 0.5) is 17.1 Å². The zero-order valence-electron chi connectivity index (χ0n) is 32.0. The van der Waals surface area contributed by atoms with Crippen LogP contribution in [0.2, 0.25) is 0 Å². The molecule has 2 aliphatic rings. The molecule has 4 heterocycles. The molecule has 4 heteroatoms. The minimum Gasteiger partial charge on any atom is -0.311 e. The van der Waals surface area contributed by atoms with Crippen molar-refractivity contribution in [1.29, 1.82) is 0 Å². The lowest BCUT2D eigenvalue weighted by Gasteiger charge is -2.45. The van der Waals surface area contributed by atoms with E-state index in [9.17, 15) is 0 Å². The number of rotatable bonds is 4. The Morgan fingerprint density at radius 1 is 0.356 bits per heavy atom. The van der Waals surface area contributed by atoms with Gasteiger partial charge in [0.05, 0.1) is 33.2 Å². The fourth-order valence-electron chi connectivity index (χ4n) is 10.4. The van der Waals surface area contributed by atoms with Crippen LogP contribution in [0.5, 0.6) is 0 Å². The molecule has 0 fully saturated rings. The first-order valence-corrected chi connectivity index (χ1v) is 21.1. The van der Waals surface area contributed by atoms with E-state index in [1.54, 1.807) is 0 Å². The maximum absolute atomic E-state index is 2.54. The number of fused-ring (bicyclic) bond motifs is 14. The zero-order valence-corrected chi connectivity index (χ0v) is 32.8. The summed E-state index contributed by atoms with van der Waals surface area (Å²) in [6, 6.07) is 78.4. The van der Waals surface area contributed by atoms with Gasteiger partial charge < -0.3 is 14.0 Å². The van der Waals surface area contributed by atoms with E-state index < -0.39 is 5.41 Å².